The second-order valence-corrected chi connectivity index (χ2v) is 14.9. The number of carbonyl (C=O) groups is 2. The molecular formula is C35H42Cl2N6O7S. The van der Waals surface area contributed by atoms with Gasteiger partial charge in [-0.15, -0.1) is 0 Å². The van der Waals surface area contributed by atoms with Crippen LogP contribution < -0.4 is 4.74 Å². The second-order valence-electron chi connectivity index (χ2n) is 12.1. The van der Waals surface area contributed by atoms with Crippen molar-refractivity contribution >= 4 is 51.0 Å². The first-order valence-electron chi connectivity index (χ1n) is 16.3. The van der Waals surface area contributed by atoms with Gasteiger partial charge in [-0.2, -0.15) is 0 Å². The van der Waals surface area contributed by atoms with Gasteiger partial charge in [0.15, 0.2) is 0 Å². The molecule has 1 fully saturated rings. The number of benzene rings is 3. The van der Waals surface area contributed by atoms with Crippen molar-refractivity contribution in [2.24, 2.45) is 4.99 Å². The number of halogens is 2. The number of piperazine rings is 1. The van der Waals surface area contributed by atoms with Gasteiger partial charge >= 0.3 is 6.03 Å². The predicted molar refractivity (Wildman–Crippen MR) is 194 cm³/mol. The molecule has 13 nitrogen and oxygen atoms in total. The fourth-order valence-corrected chi connectivity index (χ4v) is 7.58. The van der Waals surface area contributed by atoms with Crippen LogP contribution in [0.5, 0.6) is 5.75 Å². The number of ether oxygens (including phenoxy) is 1. The summed E-state index contributed by atoms with van der Waals surface area (Å²) < 4.78 is 34.2. The van der Waals surface area contributed by atoms with Crippen LogP contribution in [0.1, 0.15) is 41.3 Å². The largest absolute Gasteiger partial charge is 0.493 e. The minimum Gasteiger partial charge on any atom is -0.493 e. The molecule has 3 aromatic carbocycles. The SMILES string of the molecule is CCOc1cc(C)c(S(=O)(=O)N(C)OC)cc1C1=N[C@@H](c2ccc(Cl)cc2)[C@@H](c2ccc(Cl)cc2)N1C(=O)N1CCN(CC(=O)N(C)OC)CC1. The summed E-state index contributed by atoms with van der Waals surface area (Å²) in [7, 11) is 1.44. The normalized spacial score (nSPS) is 18.3. The molecule has 2 atom stereocenters. The van der Waals surface area contributed by atoms with E-state index >= 15 is 0 Å². The van der Waals surface area contributed by atoms with Gasteiger partial charge in [-0.25, -0.2) is 18.3 Å². The molecule has 0 N–H and O–H groups in total. The molecule has 2 heterocycles. The number of amidine groups is 1. The highest BCUT2D eigenvalue weighted by atomic mass is 35.5. The summed E-state index contributed by atoms with van der Waals surface area (Å²) in [5.41, 5.74) is 2.29. The van der Waals surface area contributed by atoms with Gasteiger partial charge in [-0.3, -0.25) is 29.3 Å². The maximum absolute atomic E-state index is 14.9. The maximum atomic E-state index is 14.9. The number of hydrogen-bond acceptors (Lipinski definition) is 9. The molecular weight excluding hydrogens is 719 g/mol. The molecule has 0 aromatic heterocycles. The Bertz CT molecular complexity index is 1870. The first-order chi connectivity index (χ1) is 24.3. The fourth-order valence-electron chi connectivity index (χ4n) is 6.12. The van der Waals surface area contributed by atoms with Crippen molar-refractivity contribution in [3.63, 3.8) is 0 Å². The summed E-state index contributed by atoms with van der Waals surface area (Å²) in [6, 6.07) is 16.0. The number of hydroxylamine groups is 3. The van der Waals surface area contributed by atoms with E-state index in [0.29, 0.717) is 53.1 Å². The summed E-state index contributed by atoms with van der Waals surface area (Å²) in [4.78, 5) is 48.1. The monoisotopic (exact) mass is 760 g/mol. The van der Waals surface area contributed by atoms with E-state index in [2.05, 4.69) is 0 Å². The van der Waals surface area contributed by atoms with Crippen molar-refractivity contribution in [2.45, 2.75) is 30.8 Å². The van der Waals surface area contributed by atoms with Gasteiger partial charge in [0.1, 0.15) is 17.6 Å². The standard InChI is InChI=1S/C35H42Cl2N6O7S/c1-7-50-29-20-23(2)30(51(46,47)40(4)49-6)21-28(29)34-38-32(24-8-12-26(36)13-9-24)33(25-10-14-27(37)15-11-25)43(34)35(45)42-18-16-41(17-19-42)22-31(44)39(3)48-5/h8-15,20-21,32-33H,7,16-19,22H2,1-6H3/t32-,33+/m0/s1. The van der Waals surface area contributed by atoms with Crippen LogP contribution in [-0.4, -0.2) is 118 Å². The van der Waals surface area contributed by atoms with Crippen molar-refractivity contribution in [3.05, 3.63) is 93.0 Å². The highest BCUT2D eigenvalue weighted by Gasteiger charge is 2.45. The Morgan fingerprint density at radius 3 is 2.04 bits per heavy atom. The summed E-state index contributed by atoms with van der Waals surface area (Å²) in [5.74, 6) is 0.398. The van der Waals surface area contributed by atoms with E-state index in [1.807, 2.05) is 36.1 Å². The van der Waals surface area contributed by atoms with E-state index < -0.39 is 22.1 Å². The molecule has 5 rings (SSSR count). The Kier molecular flexibility index (Phi) is 12.3. The Labute approximate surface area is 308 Å². The number of nitrogens with zero attached hydrogens (tertiary/aromatic N) is 6. The van der Waals surface area contributed by atoms with E-state index in [1.54, 1.807) is 54.1 Å². The van der Waals surface area contributed by atoms with Crippen molar-refractivity contribution in [1.29, 1.82) is 0 Å². The van der Waals surface area contributed by atoms with E-state index in [-0.39, 0.29) is 35.8 Å². The quantitative estimate of drug-likeness (QED) is 0.245. The Morgan fingerprint density at radius 1 is 0.902 bits per heavy atom. The number of urea groups is 1. The van der Waals surface area contributed by atoms with Crippen molar-refractivity contribution < 1.29 is 32.4 Å². The smallest absolute Gasteiger partial charge is 0.326 e. The number of amides is 3. The highest BCUT2D eigenvalue weighted by Crippen LogP contribution is 2.46. The predicted octanol–water partition coefficient (Wildman–Crippen LogP) is 5.18. The molecule has 2 aliphatic heterocycles. The number of likely N-dealkylation sites (N-methyl/N-ethyl adjacent to an activating group) is 1. The topological polar surface area (TPSA) is 125 Å². The molecule has 0 saturated carbocycles. The van der Waals surface area contributed by atoms with Crippen LogP contribution in [0.3, 0.4) is 0 Å². The van der Waals surface area contributed by atoms with Gasteiger partial charge in [0.25, 0.3) is 15.9 Å². The number of aliphatic imine (C=N–C) groups is 1. The fraction of sp³-hybridized carbons (Fsp3) is 0.400. The molecule has 2 aliphatic rings. The average Bonchev–Trinajstić information content (AvgIpc) is 3.51. The number of carbonyl (C=O) groups excluding carboxylic acids is 2. The molecule has 51 heavy (non-hydrogen) atoms. The molecule has 0 aliphatic carbocycles. The van der Waals surface area contributed by atoms with Crippen molar-refractivity contribution in [3.8, 4) is 5.75 Å². The number of aryl methyl sites for hydroxylation is 1. The van der Waals surface area contributed by atoms with Crippen LogP contribution in [-0.2, 0) is 24.5 Å². The molecule has 0 bridgehead atoms. The highest BCUT2D eigenvalue weighted by molar-refractivity contribution is 7.89. The number of rotatable bonds is 11. The van der Waals surface area contributed by atoms with Crippen LogP contribution in [0.15, 0.2) is 70.6 Å². The molecule has 1 saturated heterocycles. The third kappa shape index (κ3) is 8.17. The van der Waals surface area contributed by atoms with E-state index in [0.717, 1.165) is 15.6 Å². The van der Waals surface area contributed by atoms with Gasteiger partial charge in [0.05, 0.1) is 43.9 Å². The summed E-state index contributed by atoms with van der Waals surface area (Å²) in [6.45, 7) is 5.46. The van der Waals surface area contributed by atoms with Crippen molar-refractivity contribution in [2.75, 3.05) is 67.6 Å². The minimum atomic E-state index is -4.11. The summed E-state index contributed by atoms with van der Waals surface area (Å²) >= 11 is 12.6. The van der Waals surface area contributed by atoms with Crippen LogP contribution in [0.2, 0.25) is 10.0 Å². The van der Waals surface area contributed by atoms with Gasteiger partial charge in [0, 0.05) is 50.3 Å². The van der Waals surface area contributed by atoms with Gasteiger partial charge in [-0.1, -0.05) is 51.9 Å². The zero-order valence-corrected chi connectivity index (χ0v) is 31.7. The van der Waals surface area contributed by atoms with E-state index in [4.69, 9.17) is 42.6 Å². The lowest BCUT2D eigenvalue weighted by Crippen LogP contribution is -2.55. The Hall–Kier alpha value is -3.76. The Balaban J connectivity index is 1.66. The zero-order chi connectivity index (χ0) is 37.0. The van der Waals surface area contributed by atoms with Gasteiger partial charge in [0.2, 0.25) is 0 Å². The molecule has 0 radical (unpaired) electrons. The molecule has 0 unspecified atom stereocenters. The molecule has 0 spiro atoms. The van der Waals surface area contributed by atoms with Gasteiger partial charge < -0.3 is 9.64 Å². The first-order valence-corrected chi connectivity index (χ1v) is 18.5. The van der Waals surface area contributed by atoms with Crippen LogP contribution in [0.4, 0.5) is 4.79 Å². The second kappa shape index (κ2) is 16.3. The van der Waals surface area contributed by atoms with E-state index in [1.165, 1.54) is 32.4 Å². The minimum absolute atomic E-state index is 0.0299. The lowest BCUT2D eigenvalue weighted by Gasteiger charge is -2.39. The summed E-state index contributed by atoms with van der Waals surface area (Å²) in [5, 5.41) is 2.24. The number of hydrogen-bond donors (Lipinski definition) is 0. The lowest BCUT2D eigenvalue weighted by molar-refractivity contribution is -0.170. The van der Waals surface area contributed by atoms with Crippen LogP contribution in [0, 0.1) is 6.92 Å². The molecule has 3 amide bonds. The number of sulfonamides is 1. The molecule has 274 valence electrons. The average molecular weight is 762 g/mol. The molecule has 3 aromatic rings. The van der Waals surface area contributed by atoms with Crippen LogP contribution >= 0.6 is 23.2 Å². The zero-order valence-electron chi connectivity index (χ0n) is 29.4. The molecule has 16 heteroatoms. The third-order valence-corrected chi connectivity index (χ3v) is 11.3. The lowest BCUT2D eigenvalue weighted by atomic mass is 9.93. The van der Waals surface area contributed by atoms with Gasteiger partial charge in [-0.05, 0) is 66.9 Å². The van der Waals surface area contributed by atoms with E-state index in [9.17, 15) is 18.0 Å². The Morgan fingerprint density at radius 2 is 1.49 bits per heavy atom. The first kappa shape index (κ1) is 38.5. The summed E-state index contributed by atoms with van der Waals surface area (Å²) in [6.07, 6.45) is 0. The third-order valence-electron chi connectivity index (χ3n) is 9.01. The maximum Gasteiger partial charge on any atom is 0.326 e. The van der Waals surface area contributed by atoms with Crippen molar-refractivity contribution in [1.82, 2.24) is 24.2 Å². The van der Waals surface area contributed by atoms with Crippen LogP contribution in [0.25, 0.3) is 0 Å².